The van der Waals surface area contributed by atoms with Gasteiger partial charge >= 0.3 is 0 Å². The largest absolute Gasteiger partial charge is 0.439 e. The van der Waals surface area contributed by atoms with E-state index in [0.29, 0.717) is 29.4 Å². The van der Waals surface area contributed by atoms with Gasteiger partial charge in [0, 0.05) is 23.7 Å². The molecule has 0 aliphatic rings. The van der Waals surface area contributed by atoms with Gasteiger partial charge in [0.05, 0.1) is 5.69 Å². The molecule has 1 N–H and O–H groups in total. The summed E-state index contributed by atoms with van der Waals surface area (Å²) in [6, 6.07) is 26.7. The maximum absolute atomic E-state index is 12.6. The number of ether oxygens (including phenoxy) is 1. The molecule has 0 aliphatic carbocycles. The zero-order chi connectivity index (χ0) is 20.8. The molecular weight excluding hydrogens is 374 g/mol. The number of carbonyl (C=O) groups is 1. The first-order valence-corrected chi connectivity index (χ1v) is 9.66. The highest BCUT2D eigenvalue weighted by Crippen LogP contribution is 2.24. The van der Waals surface area contributed by atoms with E-state index in [1.807, 2.05) is 73.7 Å². The lowest BCUT2D eigenvalue weighted by Gasteiger charge is -2.09. The van der Waals surface area contributed by atoms with Crippen molar-refractivity contribution in [2.24, 2.45) is 0 Å². The van der Waals surface area contributed by atoms with E-state index in [4.69, 9.17) is 4.74 Å². The molecule has 4 rings (SSSR count). The van der Waals surface area contributed by atoms with Gasteiger partial charge in [-0.2, -0.15) is 0 Å². The molecular formula is C25H21N3O2. The van der Waals surface area contributed by atoms with Crippen LogP contribution in [0, 0.1) is 6.92 Å². The molecule has 0 spiro atoms. The predicted molar refractivity (Wildman–Crippen MR) is 116 cm³/mol. The summed E-state index contributed by atoms with van der Waals surface area (Å²) in [6.07, 6.45) is 1.46. The summed E-state index contributed by atoms with van der Waals surface area (Å²) in [5.41, 5.74) is 4.31. The Balaban J connectivity index is 1.49. The van der Waals surface area contributed by atoms with Crippen LogP contribution in [0.25, 0.3) is 11.3 Å². The van der Waals surface area contributed by atoms with Crippen LogP contribution < -0.4 is 10.1 Å². The number of hydrogen-bond donors (Lipinski definition) is 1. The number of benzene rings is 3. The topological polar surface area (TPSA) is 64.1 Å². The average molecular weight is 395 g/mol. The molecule has 0 fully saturated rings. The normalized spacial score (nSPS) is 10.4. The first kappa shape index (κ1) is 19.3. The van der Waals surface area contributed by atoms with Crippen LogP contribution in [0.2, 0.25) is 0 Å². The average Bonchev–Trinajstić information content (AvgIpc) is 2.78. The molecule has 1 heterocycles. The van der Waals surface area contributed by atoms with Crippen LogP contribution in [0.4, 0.5) is 0 Å². The molecule has 0 atom stereocenters. The van der Waals surface area contributed by atoms with Crippen molar-refractivity contribution in [1.29, 1.82) is 0 Å². The molecule has 4 aromatic rings. The summed E-state index contributed by atoms with van der Waals surface area (Å²) in [6.45, 7) is 2.51. The first-order chi connectivity index (χ1) is 14.7. The van der Waals surface area contributed by atoms with Gasteiger partial charge in [-0.3, -0.25) is 4.79 Å². The SMILES string of the molecule is Cc1cccc(CNC(=O)c2cccc(-c3cc(Oc4ccccc4)ncn3)c2)c1. The van der Waals surface area contributed by atoms with E-state index >= 15 is 0 Å². The number of amides is 1. The van der Waals surface area contributed by atoms with Gasteiger partial charge in [-0.05, 0) is 36.8 Å². The Morgan fingerprint density at radius 2 is 1.73 bits per heavy atom. The lowest BCUT2D eigenvalue weighted by molar-refractivity contribution is 0.0951. The van der Waals surface area contributed by atoms with Crippen LogP contribution in [0.5, 0.6) is 11.6 Å². The third-order valence-corrected chi connectivity index (χ3v) is 4.56. The highest BCUT2D eigenvalue weighted by molar-refractivity contribution is 5.95. The fraction of sp³-hybridized carbons (Fsp3) is 0.0800. The van der Waals surface area contributed by atoms with Gasteiger partial charge in [0.25, 0.3) is 5.91 Å². The van der Waals surface area contributed by atoms with Crippen LogP contribution in [0.3, 0.4) is 0 Å². The fourth-order valence-electron chi connectivity index (χ4n) is 3.09. The van der Waals surface area contributed by atoms with Gasteiger partial charge < -0.3 is 10.1 Å². The molecule has 0 aliphatic heterocycles. The summed E-state index contributed by atoms with van der Waals surface area (Å²) < 4.78 is 5.78. The smallest absolute Gasteiger partial charge is 0.251 e. The minimum absolute atomic E-state index is 0.131. The second-order valence-corrected chi connectivity index (χ2v) is 6.91. The van der Waals surface area contributed by atoms with Gasteiger partial charge in [-0.25, -0.2) is 9.97 Å². The number of para-hydroxylation sites is 1. The van der Waals surface area contributed by atoms with E-state index in [9.17, 15) is 4.79 Å². The quantitative estimate of drug-likeness (QED) is 0.489. The Morgan fingerprint density at radius 3 is 2.57 bits per heavy atom. The third kappa shape index (κ3) is 4.89. The minimum Gasteiger partial charge on any atom is -0.439 e. The van der Waals surface area contributed by atoms with E-state index in [2.05, 4.69) is 21.4 Å². The lowest BCUT2D eigenvalue weighted by Crippen LogP contribution is -2.22. The molecule has 0 saturated heterocycles. The molecule has 3 aromatic carbocycles. The van der Waals surface area contributed by atoms with Crippen molar-refractivity contribution in [2.45, 2.75) is 13.5 Å². The number of nitrogens with one attached hydrogen (secondary N) is 1. The molecule has 5 nitrogen and oxygen atoms in total. The van der Waals surface area contributed by atoms with Gasteiger partial charge in [-0.15, -0.1) is 0 Å². The van der Waals surface area contributed by atoms with Crippen LogP contribution in [0.1, 0.15) is 21.5 Å². The van der Waals surface area contributed by atoms with Gasteiger partial charge in [-0.1, -0.05) is 60.2 Å². The van der Waals surface area contributed by atoms with Gasteiger partial charge in [0.2, 0.25) is 5.88 Å². The Labute approximate surface area is 175 Å². The number of aryl methyl sites for hydroxylation is 1. The number of rotatable bonds is 6. The van der Waals surface area contributed by atoms with E-state index in [1.165, 1.54) is 11.9 Å². The highest BCUT2D eigenvalue weighted by Gasteiger charge is 2.09. The van der Waals surface area contributed by atoms with Crippen molar-refractivity contribution in [2.75, 3.05) is 0 Å². The number of hydrogen-bond acceptors (Lipinski definition) is 4. The Kier molecular flexibility index (Phi) is 5.80. The summed E-state index contributed by atoms with van der Waals surface area (Å²) >= 11 is 0. The molecule has 0 radical (unpaired) electrons. The van der Waals surface area contributed by atoms with E-state index in [1.54, 1.807) is 12.1 Å². The van der Waals surface area contributed by atoms with E-state index in [0.717, 1.165) is 11.1 Å². The zero-order valence-electron chi connectivity index (χ0n) is 16.6. The maximum Gasteiger partial charge on any atom is 0.251 e. The predicted octanol–water partition coefficient (Wildman–Crippen LogP) is 5.17. The van der Waals surface area contributed by atoms with Crippen molar-refractivity contribution >= 4 is 5.91 Å². The van der Waals surface area contributed by atoms with Crippen molar-refractivity contribution in [3.8, 4) is 22.9 Å². The van der Waals surface area contributed by atoms with Crippen molar-refractivity contribution in [3.05, 3.63) is 108 Å². The summed E-state index contributed by atoms with van der Waals surface area (Å²) in [5.74, 6) is 1.01. The molecule has 0 bridgehead atoms. The summed E-state index contributed by atoms with van der Waals surface area (Å²) in [5, 5.41) is 2.97. The second kappa shape index (κ2) is 9.01. The van der Waals surface area contributed by atoms with Gasteiger partial charge in [0.1, 0.15) is 12.1 Å². The van der Waals surface area contributed by atoms with Crippen LogP contribution in [0.15, 0.2) is 91.3 Å². The molecule has 0 unspecified atom stereocenters. The maximum atomic E-state index is 12.6. The summed E-state index contributed by atoms with van der Waals surface area (Å²) in [4.78, 5) is 21.1. The Bertz CT molecular complexity index is 1160. The number of nitrogens with zero attached hydrogens (tertiary/aromatic N) is 2. The Morgan fingerprint density at radius 1 is 0.900 bits per heavy atom. The van der Waals surface area contributed by atoms with E-state index < -0.39 is 0 Å². The molecule has 30 heavy (non-hydrogen) atoms. The van der Waals surface area contributed by atoms with Gasteiger partial charge in [0.15, 0.2) is 0 Å². The van der Waals surface area contributed by atoms with Crippen LogP contribution >= 0.6 is 0 Å². The van der Waals surface area contributed by atoms with Crippen molar-refractivity contribution < 1.29 is 9.53 Å². The van der Waals surface area contributed by atoms with Crippen LogP contribution in [-0.2, 0) is 6.54 Å². The number of carbonyl (C=O) groups excluding carboxylic acids is 1. The molecule has 0 saturated carbocycles. The molecule has 1 aromatic heterocycles. The van der Waals surface area contributed by atoms with E-state index in [-0.39, 0.29) is 5.91 Å². The molecule has 148 valence electrons. The standard InChI is InChI=1S/C25H21N3O2/c1-18-7-5-8-19(13-18)16-26-25(29)21-10-6-9-20(14-21)23-15-24(28-17-27-23)30-22-11-3-2-4-12-22/h2-15,17H,16H2,1H3,(H,26,29). The minimum atomic E-state index is -0.131. The highest BCUT2D eigenvalue weighted by atomic mass is 16.5. The monoisotopic (exact) mass is 395 g/mol. The molecule has 5 heteroatoms. The number of aromatic nitrogens is 2. The lowest BCUT2D eigenvalue weighted by atomic mass is 10.1. The zero-order valence-corrected chi connectivity index (χ0v) is 16.6. The van der Waals surface area contributed by atoms with Crippen molar-refractivity contribution in [1.82, 2.24) is 15.3 Å². The van der Waals surface area contributed by atoms with Crippen molar-refractivity contribution in [3.63, 3.8) is 0 Å². The summed E-state index contributed by atoms with van der Waals surface area (Å²) in [7, 11) is 0. The fourth-order valence-corrected chi connectivity index (χ4v) is 3.09. The molecule has 1 amide bonds. The first-order valence-electron chi connectivity index (χ1n) is 9.66. The van der Waals surface area contributed by atoms with Crippen LogP contribution in [-0.4, -0.2) is 15.9 Å². The Hall–Kier alpha value is -3.99. The second-order valence-electron chi connectivity index (χ2n) is 6.91. The third-order valence-electron chi connectivity index (χ3n) is 4.56.